The largest absolute Gasteiger partial charge is 0.309 e. The van der Waals surface area contributed by atoms with Crippen LogP contribution in [0, 0.1) is 5.92 Å². The Bertz CT molecular complexity index is 293. The minimum atomic E-state index is 0.740. The average molecular weight is 274 g/mol. The fourth-order valence-electron chi connectivity index (χ4n) is 1.82. The smallest absolute Gasteiger partial charge is 0.0327 e. The Kier molecular flexibility index (Phi) is 3.63. The molecule has 0 aromatic carbocycles. The summed E-state index contributed by atoms with van der Waals surface area (Å²) in [6, 6.07) is 2.86. The van der Waals surface area contributed by atoms with Crippen molar-refractivity contribution in [3.63, 3.8) is 0 Å². The summed E-state index contributed by atoms with van der Waals surface area (Å²) in [4.78, 5) is 1.42. The van der Waals surface area contributed by atoms with Crippen LogP contribution in [-0.4, -0.2) is 6.04 Å². The molecule has 0 radical (unpaired) electrons. The van der Waals surface area contributed by atoms with E-state index in [0.29, 0.717) is 0 Å². The van der Waals surface area contributed by atoms with Gasteiger partial charge >= 0.3 is 0 Å². The van der Waals surface area contributed by atoms with E-state index in [2.05, 4.69) is 39.6 Å². The Morgan fingerprint density at radius 3 is 2.93 bits per heavy atom. The van der Waals surface area contributed by atoms with Crippen molar-refractivity contribution >= 4 is 27.3 Å². The van der Waals surface area contributed by atoms with Crippen LogP contribution >= 0.6 is 27.3 Å². The predicted molar refractivity (Wildman–Crippen MR) is 65.7 cm³/mol. The van der Waals surface area contributed by atoms with Gasteiger partial charge in [0.25, 0.3) is 0 Å². The second kappa shape index (κ2) is 4.77. The van der Waals surface area contributed by atoms with E-state index in [9.17, 15) is 0 Å². The van der Waals surface area contributed by atoms with Crippen LogP contribution in [0.5, 0.6) is 0 Å². The molecule has 1 aliphatic carbocycles. The molecule has 1 fully saturated rings. The number of hydrogen-bond acceptors (Lipinski definition) is 2. The van der Waals surface area contributed by atoms with Crippen LogP contribution in [0.4, 0.5) is 0 Å². The number of nitrogens with one attached hydrogen (secondary N) is 1. The third-order valence-corrected chi connectivity index (χ3v) is 4.77. The van der Waals surface area contributed by atoms with Crippen LogP contribution in [0.15, 0.2) is 15.9 Å². The zero-order valence-corrected chi connectivity index (χ0v) is 10.8. The summed E-state index contributed by atoms with van der Waals surface area (Å²) in [5, 5.41) is 5.79. The zero-order valence-electron chi connectivity index (χ0n) is 8.42. The van der Waals surface area contributed by atoms with Crippen molar-refractivity contribution in [2.45, 2.75) is 38.8 Å². The number of halogens is 1. The molecular weight excluding hydrogens is 258 g/mol. The predicted octanol–water partition coefficient (Wildman–Crippen LogP) is 3.79. The molecule has 0 aliphatic heterocycles. The second-order valence-electron chi connectivity index (χ2n) is 3.92. The number of thiophene rings is 1. The molecule has 0 spiro atoms. The van der Waals surface area contributed by atoms with Gasteiger partial charge in [0.2, 0.25) is 0 Å². The van der Waals surface area contributed by atoms with Crippen LogP contribution in [0.3, 0.4) is 0 Å². The van der Waals surface area contributed by atoms with Crippen LogP contribution in [-0.2, 0) is 6.54 Å². The van der Waals surface area contributed by atoms with Gasteiger partial charge in [0.15, 0.2) is 0 Å². The molecule has 1 aromatic rings. The Balaban J connectivity index is 1.83. The van der Waals surface area contributed by atoms with Gasteiger partial charge in [0.05, 0.1) is 0 Å². The maximum Gasteiger partial charge on any atom is 0.0327 e. The van der Waals surface area contributed by atoms with Crippen molar-refractivity contribution in [2.75, 3.05) is 0 Å². The maximum absolute atomic E-state index is 3.66. The standard InChI is InChI=1S/C11H16BrNS/c1-2-10(8-3-4-8)13-7-11-9(12)5-6-14-11/h5-6,8,10,13H,2-4,7H2,1H3. The number of rotatable bonds is 5. The van der Waals surface area contributed by atoms with Crippen molar-refractivity contribution in [3.05, 3.63) is 20.8 Å². The first-order valence-electron chi connectivity index (χ1n) is 5.26. The van der Waals surface area contributed by atoms with E-state index < -0.39 is 0 Å². The minimum absolute atomic E-state index is 0.740. The van der Waals surface area contributed by atoms with Gasteiger partial charge in [-0.1, -0.05) is 6.92 Å². The molecule has 1 unspecified atom stereocenters. The summed E-state index contributed by atoms with van der Waals surface area (Å²) in [7, 11) is 0. The van der Waals surface area contributed by atoms with E-state index in [1.54, 1.807) is 0 Å². The molecule has 1 aliphatic rings. The van der Waals surface area contributed by atoms with Gasteiger partial charge in [0.1, 0.15) is 0 Å². The van der Waals surface area contributed by atoms with Gasteiger partial charge in [-0.05, 0) is 52.6 Å². The van der Waals surface area contributed by atoms with E-state index >= 15 is 0 Å². The lowest BCUT2D eigenvalue weighted by atomic mass is 10.1. The molecule has 14 heavy (non-hydrogen) atoms. The molecule has 1 saturated carbocycles. The fourth-order valence-corrected chi connectivity index (χ4v) is 3.26. The van der Waals surface area contributed by atoms with Crippen LogP contribution < -0.4 is 5.32 Å². The lowest BCUT2D eigenvalue weighted by Gasteiger charge is -2.15. The first kappa shape index (κ1) is 10.7. The molecule has 1 N–H and O–H groups in total. The van der Waals surface area contributed by atoms with E-state index in [-0.39, 0.29) is 0 Å². The van der Waals surface area contributed by atoms with Gasteiger partial charge in [0, 0.05) is 21.9 Å². The molecule has 2 rings (SSSR count). The Morgan fingerprint density at radius 2 is 2.43 bits per heavy atom. The summed E-state index contributed by atoms with van der Waals surface area (Å²) in [6.07, 6.45) is 4.11. The van der Waals surface area contributed by atoms with Crippen LogP contribution in [0.2, 0.25) is 0 Å². The van der Waals surface area contributed by atoms with Gasteiger partial charge < -0.3 is 5.32 Å². The van der Waals surface area contributed by atoms with Gasteiger partial charge in [-0.15, -0.1) is 11.3 Å². The Hall–Kier alpha value is 0.140. The monoisotopic (exact) mass is 273 g/mol. The highest BCUT2D eigenvalue weighted by molar-refractivity contribution is 9.10. The van der Waals surface area contributed by atoms with Crippen molar-refractivity contribution in [1.29, 1.82) is 0 Å². The van der Waals surface area contributed by atoms with E-state index in [4.69, 9.17) is 0 Å². The molecule has 1 aromatic heterocycles. The summed E-state index contributed by atoms with van der Waals surface area (Å²) in [5.74, 6) is 0.957. The first-order chi connectivity index (χ1) is 6.81. The summed E-state index contributed by atoms with van der Waals surface area (Å²) in [6.45, 7) is 3.30. The third kappa shape index (κ3) is 2.59. The SMILES string of the molecule is CCC(NCc1sccc1Br)C1CC1. The number of hydrogen-bond donors (Lipinski definition) is 1. The van der Waals surface area contributed by atoms with Crippen molar-refractivity contribution in [3.8, 4) is 0 Å². The maximum atomic E-state index is 3.66. The van der Waals surface area contributed by atoms with Crippen LogP contribution in [0.25, 0.3) is 0 Å². The highest BCUT2D eigenvalue weighted by Gasteiger charge is 2.29. The van der Waals surface area contributed by atoms with Crippen LogP contribution in [0.1, 0.15) is 31.1 Å². The third-order valence-electron chi connectivity index (χ3n) is 2.85. The fraction of sp³-hybridized carbons (Fsp3) is 0.636. The molecule has 1 atom stereocenters. The first-order valence-corrected chi connectivity index (χ1v) is 6.93. The minimum Gasteiger partial charge on any atom is -0.309 e. The Labute approximate surface area is 98.0 Å². The summed E-state index contributed by atoms with van der Waals surface area (Å²) >= 11 is 5.39. The van der Waals surface area contributed by atoms with Gasteiger partial charge in [-0.3, -0.25) is 0 Å². The van der Waals surface area contributed by atoms with Crippen molar-refractivity contribution in [1.82, 2.24) is 5.32 Å². The molecule has 78 valence electrons. The van der Waals surface area contributed by atoms with Gasteiger partial charge in [-0.2, -0.15) is 0 Å². The lowest BCUT2D eigenvalue weighted by molar-refractivity contribution is 0.450. The zero-order chi connectivity index (χ0) is 9.97. The van der Waals surface area contributed by atoms with Gasteiger partial charge in [-0.25, -0.2) is 0 Å². The van der Waals surface area contributed by atoms with E-state index in [1.807, 2.05) is 11.3 Å². The molecule has 0 bridgehead atoms. The quantitative estimate of drug-likeness (QED) is 0.861. The highest BCUT2D eigenvalue weighted by Crippen LogP contribution is 2.34. The summed E-state index contributed by atoms with van der Waals surface area (Å²) in [5.41, 5.74) is 0. The summed E-state index contributed by atoms with van der Waals surface area (Å²) < 4.78 is 1.25. The topological polar surface area (TPSA) is 12.0 Å². The lowest BCUT2D eigenvalue weighted by Crippen LogP contribution is -2.29. The molecule has 1 nitrogen and oxygen atoms in total. The van der Waals surface area contributed by atoms with Crippen molar-refractivity contribution in [2.24, 2.45) is 5.92 Å². The van der Waals surface area contributed by atoms with Crippen molar-refractivity contribution < 1.29 is 0 Å². The Morgan fingerprint density at radius 1 is 1.64 bits per heavy atom. The van der Waals surface area contributed by atoms with E-state index in [0.717, 1.165) is 18.5 Å². The molecular formula is C11H16BrNS. The molecule has 0 amide bonds. The molecule has 3 heteroatoms. The second-order valence-corrected chi connectivity index (χ2v) is 5.78. The molecule has 1 heterocycles. The highest BCUT2D eigenvalue weighted by atomic mass is 79.9. The van der Waals surface area contributed by atoms with E-state index in [1.165, 1.54) is 28.6 Å². The molecule has 0 saturated heterocycles. The average Bonchev–Trinajstić information content (AvgIpc) is 2.93. The normalized spacial score (nSPS) is 18.4.